The number of sulfonamides is 1. The summed E-state index contributed by atoms with van der Waals surface area (Å²) in [5.74, 6) is -0.0289. The summed E-state index contributed by atoms with van der Waals surface area (Å²) in [4.78, 5) is 14.5. The first kappa shape index (κ1) is 19.4. The summed E-state index contributed by atoms with van der Waals surface area (Å²) in [5.41, 5.74) is 3.00. The van der Waals surface area contributed by atoms with Crippen molar-refractivity contribution in [1.82, 2.24) is 4.90 Å². The zero-order valence-corrected chi connectivity index (χ0v) is 16.7. The molecule has 6 heteroatoms. The molecule has 1 saturated heterocycles. The van der Waals surface area contributed by atoms with Gasteiger partial charge in [0.1, 0.15) is 0 Å². The third kappa shape index (κ3) is 4.33. The SMILES string of the molecule is CCc1cccc(C)c1NS(=O)(=O)c1ccc(C(=O)N2CCCCC2)cc1. The predicted octanol–water partition coefficient (Wildman–Crippen LogP) is 3.98. The molecule has 1 N–H and O–H groups in total. The van der Waals surface area contributed by atoms with Crippen molar-refractivity contribution >= 4 is 21.6 Å². The highest BCUT2D eigenvalue weighted by molar-refractivity contribution is 7.92. The second-order valence-electron chi connectivity index (χ2n) is 6.95. The highest BCUT2D eigenvalue weighted by Gasteiger charge is 2.20. The van der Waals surface area contributed by atoms with Gasteiger partial charge in [0.25, 0.3) is 15.9 Å². The first-order valence-electron chi connectivity index (χ1n) is 9.43. The molecule has 2 aromatic carbocycles. The molecular weight excluding hydrogens is 360 g/mol. The fourth-order valence-electron chi connectivity index (χ4n) is 3.42. The van der Waals surface area contributed by atoms with E-state index in [0.717, 1.165) is 49.9 Å². The molecule has 0 radical (unpaired) electrons. The summed E-state index contributed by atoms with van der Waals surface area (Å²) in [7, 11) is -3.71. The van der Waals surface area contributed by atoms with Crippen LogP contribution in [-0.2, 0) is 16.4 Å². The number of para-hydroxylation sites is 1. The molecule has 1 heterocycles. The number of benzene rings is 2. The number of nitrogens with one attached hydrogen (secondary N) is 1. The van der Waals surface area contributed by atoms with Crippen LogP contribution < -0.4 is 4.72 Å². The van der Waals surface area contributed by atoms with Gasteiger partial charge in [0.05, 0.1) is 10.6 Å². The van der Waals surface area contributed by atoms with E-state index in [0.29, 0.717) is 11.3 Å². The van der Waals surface area contributed by atoms with Gasteiger partial charge in [-0.25, -0.2) is 8.42 Å². The molecular formula is C21H26N2O3S. The molecule has 2 aromatic rings. The molecule has 1 aliphatic heterocycles. The molecule has 144 valence electrons. The Morgan fingerprint density at radius 2 is 1.70 bits per heavy atom. The average Bonchev–Trinajstić information content (AvgIpc) is 2.69. The van der Waals surface area contributed by atoms with Crippen molar-refractivity contribution in [3.8, 4) is 0 Å². The lowest BCUT2D eigenvalue weighted by Gasteiger charge is -2.26. The van der Waals surface area contributed by atoms with Gasteiger partial charge in [0.2, 0.25) is 0 Å². The maximum atomic E-state index is 12.8. The Hall–Kier alpha value is -2.34. The zero-order chi connectivity index (χ0) is 19.4. The minimum absolute atomic E-state index is 0.0289. The Balaban J connectivity index is 1.81. The lowest BCUT2D eigenvalue weighted by atomic mass is 10.1. The quantitative estimate of drug-likeness (QED) is 0.845. The van der Waals surface area contributed by atoms with E-state index >= 15 is 0 Å². The van der Waals surface area contributed by atoms with E-state index in [1.54, 1.807) is 12.1 Å². The van der Waals surface area contributed by atoms with Gasteiger partial charge in [-0.05, 0) is 68.0 Å². The van der Waals surface area contributed by atoms with Gasteiger partial charge in [-0.15, -0.1) is 0 Å². The van der Waals surface area contributed by atoms with Gasteiger partial charge >= 0.3 is 0 Å². The smallest absolute Gasteiger partial charge is 0.261 e. The topological polar surface area (TPSA) is 66.5 Å². The van der Waals surface area contributed by atoms with Crippen molar-refractivity contribution < 1.29 is 13.2 Å². The number of hydrogen-bond donors (Lipinski definition) is 1. The fraction of sp³-hybridized carbons (Fsp3) is 0.381. The molecule has 3 rings (SSSR count). The first-order chi connectivity index (χ1) is 12.9. The van der Waals surface area contributed by atoms with Gasteiger partial charge in [0.15, 0.2) is 0 Å². The molecule has 27 heavy (non-hydrogen) atoms. The van der Waals surface area contributed by atoms with Crippen molar-refractivity contribution in [2.24, 2.45) is 0 Å². The number of hydrogen-bond acceptors (Lipinski definition) is 3. The molecule has 0 unspecified atom stereocenters. The summed E-state index contributed by atoms with van der Waals surface area (Å²) in [5, 5.41) is 0. The summed E-state index contributed by atoms with van der Waals surface area (Å²) in [6, 6.07) is 11.9. The Morgan fingerprint density at radius 1 is 1.04 bits per heavy atom. The molecule has 0 atom stereocenters. The van der Waals surface area contributed by atoms with Crippen LogP contribution in [0.3, 0.4) is 0 Å². The van der Waals surface area contributed by atoms with E-state index < -0.39 is 10.0 Å². The first-order valence-corrected chi connectivity index (χ1v) is 10.9. The van der Waals surface area contributed by atoms with Gasteiger partial charge in [0, 0.05) is 18.7 Å². The van der Waals surface area contributed by atoms with Crippen LogP contribution in [0.4, 0.5) is 5.69 Å². The van der Waals surface area contributed by atoms with Crippen molar-refractivity contribution in [3.63, 3.8) is 0 Å². The van der Waals surface area contributed by atoms with Gasteiger partial charge in [-0.1, -0.05) is 25.1 Å². The Bertz CT molecular complexity index is 915. The predicted molar refractivity (Wildman–Crippen MR) is 108 cm³/mol. The van der Waals surface area contributed by atoms with Gasteiger partial charge in [-0.3, -0.25) is 9.52 Å². The highest BCUT2D eigenvalue weighted by atomic mass is 32.2. The molecule has 0 saturated carbocycles. The molecule has 1 fully saturated rings. The lowest BCUT2D eigenvalue weighted by molar-refractivity contribution is 0.0724. The van der Waals surface area contributed by atoms with E-state index in [-0.39, 0.29) is 10.8 Å². The van der Waals surface area contributed by atoms with E-state index in [2.05, 4.69) is 4.72 Å². The minimum Gasteiger partial charge on any atom is -0.339 e. The number of aryl methyl sites for hydroxylation is 2. The number of amides is 1. The van der Waals surface area contributed by atoms with Gasteiger partial charge < -0.3 is 4.90 Å². The van der Waals surface area contributed by atoms with Crippen LogP contribution in [-0.4, -0.2) is 32.3 Å². The van der Waals surface area contributed by atoms with Crippen LogP contribution in [0.1, 0.15) is 47.7 Å². The number of carbonyl (C=O) groups excluding carboxylic acids is 1. The maximum absolute atomic E-state index is 12.8. The molecule has 1 aliphatic rings. The summed E-state index contributed by atoms with van der Waals surface area (Å²) in [6.45, 7) is 5.42. The number of likely N-dealkylation sites (tertiary alicyclic amines) is 1. The summed E-state index contributed by atoms with van der Waals surface area (Å²) >= 11 is 0. The number of anilines is 1. The molecule has 0 aromatic heterocycles. The molecule has 1 amide bonds. The summed E-state index contributed by atoms with van der Waals surface area (Å²) < 4.78 is 28.3. The zero-order valence-electron chi connectivity index (χ0n) is 15.9. The van der Waals surface area contributed by atoms with Gasteiger partial charge in [-0.2, -0.15) is 0 Å². The molecule has 0 spiro atoms. The van der Waals surface area contributed by atoms with Crippen LogP contribution in [0.2, 0.25) is 0 Å². The third-order valence-corrected chi connectivity index (χ3v) is 6.40. The maximum Gasteiger partial charge on any atom is 0.261 e. The number of piperidine rings is 1. The Morgan fingerprint density at radius 3 is 2.33 bits per heavy atom. The van der Waals surface area contributed by atoms with Crippen molar-refractivity contribution in [2.45, 2.75) is 44.4 Å². The van der Waals surface area contributed by atoms with E-state index in [1.165, 1.54) is 12.1 Å². The Kier molecular flexibility index (Phi) is 5.85. The molecule has 5 nitrogen and oxygen atoms in total. The minimum atomic E-state index is -3.71. The number of carbonyl (C=O) groups is 1. The van der Waals surface area contributed by atoms with Crippen LogP contribution in [0.25, 0.3) is 0 Å². The lowest BCUT2D eigenvalue weighted by Crippen LogP contribution is -2.35. The normalized spacial score (nSPS) is 14.8. The van der Waals surface area contributed by atoms with E-state index in [1.807, 2.05) is 36.9 Å². The van der Waals surface area contributed by atoms with Crippen LogP contribution in [0, 0.1) is 6.92 Å². The van der Waals surface area contributed by atoms with Crippen LogP contribution in [0.5, 0.6) is 0 Å². The average molecular weight is 387 g/mol. The number of rotatable bonds is 5. The van der Waals surface area contributed by atoms with Crippen molar-refractivity contribution in [1.29, 1.82) is 0 Å². The molecule has 0 aliphatic carbocycles. The van der Waals surface area contributed by atoms with Crippen molar-refractivity contribution in [3.05, 3.63) is 59.2 Å². The third-order valence-electron chi connectivity index (χ3n) is 5.03. The van der Waals surface area contributed by atoms with Crippen LogP contribution >= 0.6 is 0 Å². The number of nitrogens with zero attached hydrogens (tertiary/aromatic N) is 1. The Labute approximate surface area is 161 Å². The van der Waals surface area contributed by atoms with Crippen molar-refractivity contribution in [2.75, 3.05) is 17.8 Å². The van der Waals surface area contributed by atoms with Crippen LogP contribution in [0.15, 0.2) is 47.4 Å². The monoisotopic (exact) mass is 386 g/mol. The van der Waals surface area contributed by atoms with E-state index in [4.69, 9.17) is 0 Å². The van der Waals surface area contributed by atoms with E-state index in [9.17, 15) is 13.2 Å². The summed E-state index contributed by atoms with van der Waals surface area (Å²) in [6.07, 6.45) is 3.95. The largest absolute Gasteiger partial charge is 0.339 e. The molecule has 0 bridgehead atoms. The second-order valence-corrected chi connectivity index (χ2v) is 8.63. The standard InChI is InChI=1S/C21H26N2O3S/c1-3-17-9-7-8-16(2)20(17)22-27(25,26)19-12-10-18(11-13-19)21(24)23-14-5-4-6-15-23/h7-13,22H,3-6,14-15H2,1-2H3. The fourth-order valence-corrected chi connectivity index (χ4v) is 4.59. The highest BCUT2D eigenvalue weighted by Crippen LogP contribution is 2.25. The second kappa shape index (κ2) is 8.13.